The SMILES string of the molecule is CCN(Cc1ccc(CC2CNCCN2c2ncccc2COC(=O)CC(C)(C)C)cc1)Cc1c(F)cccc1Cl. The van der Waals surface area contributed by atoms with E-state index in [0.717, 1.165) is 44.0 Å². The normalized spacial score (nSPS) is 15.8. The van der Waals surface area contributed by atoms with Crippen molar-refractivity contribution in [1.82, 2.24) is 15.2 Å². The molecule has 2 aromatic carbocycles. The Balaban J connectivity index is 1.41. The minimum Gasteiger partial charge on any atom is -0.461 e. The summed E-state index contributed by atoms with van der Waals surface area (Å²) in [6, 6.07) is 17.6. The van der Waals surface area contributed by atoms with E-state index in [1.54, 1.807) is 18.3 Å². The number of esters is 1. The summed E-state index contributed by atoms with van der Waals surface area (Å²) in [6.07, 6.45) is 3.04. The van der Waals surface area contributed by atoms with Gasteiger partial charge in [-0.05, 0) is 47.7 Å². The molecule has 0 amide bonds. The fourth-order valence-corrected chi connectivity index (χ4v) is 5.39. The highest BCUT2D eigenvalue weighted by atomic mass is 35.5. The van der Waals surface area contributed by atoms with E-state index in [1.165, 1.54) is 17.2 Å². The predicted molar refractivity (Wildman–Crippen MR) is 163 cm³/mol. The van der Waals surface area contributed by atoms with E-state index in [4.69, 9.17) is 21.3 Å². The van der Waals surface area contributed by atoms with E-state index < -0.39 is 0 Å². The van der Waals surface area contributed by atoms with Crippen LogP contribution in [0, 0.1) is 11.2 Å². The minimum absolute atomic E-state index is 0.115. The number of benzene rings is 2. The van der Waals surface area contributed by atoms with Crippen molar-refractivity contribution in [2.75, 3.05) is 31.1 Å². The predicted octanol–water partition coefficient (Wildman–Crippen LogP) is 6.40. The zero-order valence-electron chi connectivity index (χ0n) is 24.6. The highest BCUT2D eigenvalue weighted by molar-refractivity contribution is 6.31. The smallest absolute Gasteiger partial charge is 0.306 e. The van der Waals surface area contributed by atoms with Crippen molar-refractivity contribution in [3.8, 4) is 0 Å². The van der Waals surface area contributed by atoms with E-state index >= 15 is 0 Å². The Kier molecular flexibility index (Phi) is 10.8. The first-order valence-electron chi connectivity index (χ1n) is 14.4. The summed E-state index contributed by atoms with van der Waals surface area (Å²) < 4.78 is 20.0. The number of carbonyl (C=O) groups is 1. The molecule has 1 N–H and O–H groups in total. The molecule has 4 rings (SSSR count). The van der Waals surface area contributed by atoms with Crippen LogP contribution in [0.2, 0.25) is 5.02 Å². The molecule has 1 aromatic heterocycles. The average Bonchev–Trinajstić information content (AvgIpc) is 2.94. The fraction of sp³-hybridized carbons (Fsp3) is 0.455. The van der Waals surface area contributed by atoms with Crippen LogP contribution >= 0.6 is 11.6 Å². The fourth-order valence-electron chi connectivity index (χ4n) is 5.16. The number of piperazine rings is 1. The standard InChI is InChI=1S/C33H42ClFN4O2/c1-5-38(22-28-29(34)9-6-10-30(28)35)21-25-13-11-24(12-14-25)18-27-20-36-16-17-39(27)32-26(8-7-15-37-32)23-41-31(40)19-33(2,3)4/h6-15,27,36H,5,16-23H2,1-4H3. The topological polar surface area (TPSA) is 57.7 Å². The van der Waals surface area contributed by atoms with Crippen LogP contribution < -0.4 is 10.2 Å². The number of nitrogens with one attached hydrogen (secondary N) is 1. The molecule has 220 valence electrons. The maximum Gasteiger partial charge on any atom is 0.306 e. The molecule has 3 aromatic rings. The van der Waals surface area contributed by atoms with Gasteiger partial charge in [0, 0.05) is 61.1 Å². The lowest BCUT2D eigenvalue weighted by Gasteiger charge is -2.38. The van der Waals surface area contributed by atoms with E-state index in [0.29, 0.717) is 30.1 Å². The van der Waals surface area contributed by atoms with Crippen molar-refractivity contribution in [1.29, 1.82) is 0 Å². The second-order valence-corrected chi connectivity index (χ2v) is 12.4. The number of anilines is 1. The van der Waals surface area contributed by atoms with Crippen LogP contribution in [-0.2, 0) is 35.6 Å². The number of hydrogen-bond donors (Lipinski definition) is 1. The van der Waals surface area contributed by atoms with Gasteiger partial charge in [0.1, 0.15) is 18.2 Å². The van der Waals surface area contributed by atoms with Gasteiger partial charge in [-0.2, -0.15) is 0 Å². The number of carbonyl (C=O) groups excluding carboxylic acids is 1. The highest BCUT2D eigenvalue weighted by Gasteiger charge is 2.26. The Bertz CT molecular complexity index is 1270. The van der Waals surface area contributed by atoms with Crippen molar-refractivity contribution < 1.29 is 13.9 Å². The molecule has 1 unspecified atom stereocenters. The van der Waals surface area contributed by atoms with Crippen LogP contribution in [0.1, 0.15) is 56.4 Å². The summed E-state index contributed by atoms with van der Waals surface area (Å²) in [5, 5.41) is 3.99. The maximum absolute atomic E-state index is 14.3. The third kappa shape index (κ3) is 8.99. The van der Waals surface area contributed by atoms with Gasteiger partial charge in [-0.1, -0.05) is 75.7 Å². The lowest BCUT2D eigenvalue weighted by atomic mass is 9.92. The molecule has 1 aliphatic heterocycles. The van der Waals surface area contributed by atoms with Gasteiger partial charge >= 0.3 is 5.97 Å². The van der Waals surface area contributed by atoms with Gasteiger partial charge in [-0.15, -0.1) is 0 Å². The molecule has 8 heteroatoms. The monoisotopic (exact) mass is 580 g/mol. The quantitative estimate of drug-likeness (QED) is 0.265. The number of ether oxygens (including phenoxy) is 1. The van der Waals surface area contributed by atoms with Crippen LogP contribution in [0.4, 0.5) is 10.2 Å². The van der Waals surface area contributed by atoms with Crippen LogP contribution in [-0.4, -0.2) is 48.1 Å². The zero-order chi connectivity index (χ0) is 29.4. The van der Waals surface area contributed by atoms with Gasteiger partial charge in [0.05, 0.1) is 6.42 Å². The molecular weight excluding hydrogens is 539 g/mol. The average molecular weight is 581 g/mol. The first kappa shape index (κ1) is 30.9. The van der Waals surface area contributed by atoms with Gasteiger partial charge in [0.15, 0.2) is 0 Å². The van der Waals surface area contributed by atoms with Gasteiger partial charge in [-0.3, -0.25) is 9.69 Å². The van der Waals surface area contributed by atoms with Gasteiger partial charge in [0.2, 0.25) is 0 Å². The van der Waals surface area contributed by atoms with Gasteiger partial charge in [0.25, 0.3) is 0 Å². The summed E-state index contributed by atoms with van der Waals surface area (Å²) in [4.78, 5) is 21.6. The first-order chi connectivity index (χ1) is 19.6. The molecule has 1 fully saturated rings. The molecule has 0 aliphatic carbocycles. The van der Waals surface area contributed by atoms with Crippen LogP contribution in [0.25, 0.3) is 0 Å². The lowest BCUT2D eigenvalue weighted by Crippen LogP contribution is -2.53. The maximum atomic E-state index is 14.3. The van der Waals surface area contributed by atoms with Crippen LogP contribution in [0.3, 0.4) is 0 Å². The molecule has 1 saturated heterocycles. The number of aromatic nitrogens is 1. The number of pyridine rings is 1. The Morgan fingerprint density at radius 1 is 1.12 bits per heavy atom. The molecule has 0 saturated carbocycles. The third-order valence-corrected chi connectivity index (χ3v) is 7.70. The summed E-state index contributed by atoms with van der Waals surface area (Å²) in [5.74, 6) is 0.420. The van der Waals surface area contributed by atoms with Crippen LogP contribution in [0.5, 0.6) is 0 Å². The first-order valence-corrected chi connectivity index (χ1v) is 14.8. The van der Waals surface area contributed by atoms with Gasteiger partial charge in [-0.25, -0.2) is 9.37 Å². The highest BCUT2D eigenvalue weighted by Crippen LogP contribution is 2.26. The van der Waals surface area contributed by atoms with Crippen molar-refractivity contribution >= 4 is 23.4 Å². The molecule has 1 atom stereocenters. The molecule has 41 heavy (non-hydrogen) atoms. The number of halogens is 2. The summed E-state index contributed by atoms with van der Waals surface area (Å²) in [5.41, 5.74) is 3.76. The van der Waals surface area contributed by atoms with Crippen molar-refractivity contribution in [2.45, 2.75) is 66.3 Å². The Labute approximate surface area is 248 Å². The molecule has 0 bridgehead atoms. The molecule has 6 nitrogen and oxygen atoms in total. The van der Waals surface area contributed by atoms with Gasteiger partial charge < -0.3 is 15.0 Å². The lowest BCUT2D eigenvalue weighted by molar-refractivity contribution is -0.147. The number of hydrogen-bond acceptors (Lipinski definition) is 6. The van der Waals surface area contributed by atoms with Crippen LogP contribution in [0.15, 0.2) is 60.8 Å². The van der Waals surface area contributed by atoms with E-state index in [9.17, 15) is 9.18 Å². The van der Waals surface area contributed by atoms with Crippen molar-refractivity contribution in [2.24, 2.45) is 5.41 Å². The largest absolute Gasteiger partial charge is 0.461 e. The second kappa shape index (κ2) is 14.3. The minimum atomic E-state index is -0.268. The van der Waals surface area contributed by atoms with E-state index in [1.807, 2.05) is 32.9 Å². The van der Waals surface area contributed by atoms with E-state index in [2.05, 4.69) is 46.3 Å². The summed E-state index contributed by atoms with van der Waals surface area (Å²) >= 11 is 6.26. The Hall–Kier alpha value is -3.00. The summed E-state index contributed by atoms with van der Waals surface area (Å²) in [6.45, 7) is 12.9. The molecule has 0 spiro atoms. The zero-order valence-corrected chi connectivity index (χ0v) is 25.4. The molecular formula is C33H42ClFN4O2. The molecule has 1 aliphatic rings. The number of nitrogens with zero attached hydrogens (tertiary/aromatic N) is 3. The number of rotatable bonds is 11. The second-order valence-electron chi connectivity index (χ2n) is 12.0. The van der Waals surface area contributed by atoms with Crippen molar-refractivity contribution in [3.05, 3.63) is 93.9 Å². The molecule has 0 radical (unpaired) electrons. The van der Waals surface area contributed by atoms with Crippen molar-refractivity contribution in [3.63, 3.8) is 0 Å². The third-order valence-electron chi connectivity index (χ3n) is 7.34. The Morgan fingerprint density at radius 2 is 1.88 bits per heavy atom. The summed E-state index contributed by atoms with van der Waals surface area (Å²) in [7, 11) is 0. The van der Waals surface area contributed by atoms with E-state index in [-0.39, 0.29) is 29.9 Å². The Morgan fingerprint density at radius 3 is 2.59 bits per heavy atom. The molecule has 2 heterocycles.